The maximum absolute atomic E-state index is 9.62. The van der Waals surface area contributed by atoms with Gasteiger partial charge in [0.2, 0.25) is 0 Å². The van der Waals surface area contributed by atoms with Crippen LogP contribution in [0.2, 0.25) is 0 Å². The van der Waals surface area contributed by atoms with Gasteiger partial charge in [0, 0.05) is 6.42 Å². The monoisotopic (exact) mass is 344 g/mol. The van der Waals surface area contributed by atoms with Crippen molar-refractivity contribution in [3.05, 3.63) is 0 Å². The first-order chi connectivity index (χ1) is 11.6. The molecule has 0 heterocycles. The first-order valence-corrected chi connectivity index (χ1v) is 10.9. The predicted octanol–water partition coefficient (Wildman–Crippen LogP) is 7.25. The Bertz CT molecular complexity index is 244. The highest BCUT2D eigenvalue weighted by molar-refractivity contribution is 4.49. The Morgan fingerprint density at radius 2 is 0.750 bits per heavy atom. The first kappa shape index (κ1) is 23.9. The highest BCUT2D eigenvalue weighted by Gasteiger charge is 2.19. The number of rotatable bonds is 19. The third kappa shape index (κ3) is 18.2. The van der Waals surface area contributed by atoms with Crippen molar-refractivity contribution in [2.45, 2.75) is 123 Å². The SMILES string of the molecule is CCCCCCCCCCCCCCCCCC[N+](O)(O)CCC. The maximum atomic E-state index is 9.62. The molecule has 0 aromatic heterocycles. The van der Waals surface area contributed by atoms with E-state index in [0.717, 1.165) is 19.3 Å². The summed E-state index contributed by atoms with van der Waals surface area (Å²) in [5.74, 6) is 0. The summed E-state index contributed by atoms with van der Waals surface area (Å²) in [4.78, 5) is -0.783. The lowest BCUT2D eigenvalue weighted by Crippen LogP contribution is -2.42. The molecule has 2 N–H and O–H groups in total. The molecule has 0 unspecified atom stereocenters. The van der Waals surface area contributed by atoms with Crippen molar-refractivity contribution in [3.63, 3.8) is 0 Å². The summed E-state index contributed by atoms with van der Waals surface area (Å²) < 4.78 is 0. The van der Waals surface area contributed by atoms with Crippen LogP contribution in [0.5, 0.6) is 0 Å². The van der Waals surface area contributed by atoms with Gasteiger partial charge in [0.05, 0.1) is 0 Å². The Labute approximate surface area is 152 Å². The van der Waals surface area contributed by atoms with Gasteiger partial charge in [-0.25, -0.2) is 0 Å². The lowest BCUT2D eigenvalue weighted by molar-refractivity contribution is -1.24. The van der Waals surface area contributed by atoms with Crippen LogP contribution in [0, 0.1) is 0 Å². The van der Waals surface area contributed by atoms with Crippen LogP contribution in [0.1, 0.15) is 123 Å². The van der Waals surface area contributed by atoms with E-state index in [4.69, 9.17) is 0 Å². The van der Waals surface area contributed by atoms with Crippen LogP contribution in [0.25, 0.3) is 0 Å². The van der Waals surface area contributed by atoms with Gasteiger partial charge in [-0.3, -0.25) is 0 Å². The number of nitrogens with zero attached hydrogens (tertiary/aromatic N) is 1. The van der Waals surface area contributed by atoms with Gasteiger partial charge in [0.25, 0.3) is 0 Å². The smallest absolute Gasteiger partial charge is 0.142 e. The molecule has 0 rings (SSSR count). The van der Waals surface area contributed by atoms with Gasteiger partial charge in [-0.05, 0) is 17.7 Å². The van der Waals surface area contributed by atoms with Crippen LogP contribution in [-0.2, 0) is 0 Å². The van der Waals surface area contributed by atoms with Gasteiger partial charge in [0.1, 0.15) is 13.1 Å². The zero-order valence-corrected chi connectivity index (χ0v) is 16.8. The molecule has 0 atom stereocenters. The van der Waals surface area contributed by atoms with E-state index in [0.29, 0.717) is 13.1 Å². The Morgan fingerprint density at radius 3 is 1.08 bits per heavy atom. The number of unbranched alkanes of at least 4 members (excludes halogenated alkanes) is 15. The number of quaternary nitrogens is 1. The minimum atomic E-state index is -0.783. The van der Waals surface area contributed by atoms with Crippen molar-refractivity contribution in [2.75, 3.05) is 13.1 Å². The van der Waals surface area contributed by atoms with Crippen molar-refractivity contribution in [2.24, 2.45) is 0 Å². The molecule has 3 nitrogen and oxygen atoms in total. The van der Waals surface area contributed by atoms with Crippen LogP contribution in [-0.4, -0.2) is 28.3 Å². The molecule has 0 aromatic carbocycles. The molecule has 0 amide bonds. The van der Waals surface area contributed by atoms with Crippen molar-refractivity contribution in [1.82, 2.24) is 0 Å². The second-order valence-electron chi connectivity index (χ2n) is 7.63. The summed E-state index contributed by atoms with van der Waals surface area (Å²) in [6.45, 7) is 5.18. The lowest BCUT2D eigenvalue weighted by atomic mass is 10.0. The Hall–Kier alpha value is -0.120. The summed E-state index contributed by atoms with van der Waals surface area (Å²) in [5.41, 5.74) is 0. The zero-order valence-electron chi connectivity index (χ0n) is 16.8. The summed E-state index contributed by atoms with van der Waals surface area (Å²) in [5, 5.41) is 19.2. The molecular formula is C21H46NO2+. The summed E-state index contributed by atoms with van der Waals surface area (Å²) in [6, 6.07) is 0. The normalized spacial score (nSPS) is 12.0. The largest absolute Gasteiger partial charge is 0.182 e. The van der Waals surface area contributed by atoms with Gasteiger partial charge in [-0.1, -0.05) is 104 Å². The van der Waals surface area contributed by atoms with Crippen molar-refractivity contribution in [1.29, 1.82) is 0 Å². The zero-order chi connectivity index (χ0) is 17.9. The van der Waals surface area contributed by atoms with E-state index < -0.39 is 4.81 Å². The Balaban J connectivity index is 3.10. The molecule has 0 aromatic rings. The number of hydrogen-bond donors (Lipinski definition) is 2. The van der Waals surface area contributed by atoms with E-state index in [-0.39, 0.29) is 0 Å². The minimum absolute atomic E-state index is 0.443. The molecule has 0 aliphatic heterocycles. The topological polar surface area (TPSA) is 40.5 Å². The van der Waals surface area contributed by atoms with Gasteiger partial charge in [0.15, 0.2) is 0 Å². The fraction of sp³-hybridized carbons (Fsp3) is 1.00. The molecule has 3 heteroatoms. The number of hydroxylamine groups is 4. The molecule has 0 saturated heterocycles. The van der Waals surface area contributed by atoms with Crippen LogP contribution in [0.3, 0.4) is 0 Å². The van der Waals surface area contributed by atoms with Gasteiger partial charge in [-0.15, -0.1) is 0 Å². The lowest BCUT2D eigenvalue weighted by Gasteiger charge is -2.20. The first-order valence-electron chi connectivity index (χ1n) is 10.9. The average molecular weight is 345 g/mol. The summed E-state index contributed by atoms with van der Waals surface area (Å²) in [7, 11) is 0. The average Bonchev–Trinajstić information content (AvgIpc) is 2.54. The fourth-order valence-electron chi connectivity index (χ4n) is 3.38. The van der Waals surface area contributed by atoms with Gasteiger partial charge >= 0.3 is 0 Å². The Morgan fingerprint density at radius 1 is 0.417 bits per heavy atom. The second-order valence-corrected chi connectivity index (χ2v) is 7.63. The second kappa shape index (κ2) is 17.7. The quantitative estimate of drug-likeness (QED) is 0.147. The highest BCUT2D eigenvalue weighted by atomic mass is 16.8. The van der Waals surface area contributed by atoms with Gasteiger partial charge in [-0.2, -0.15) is 10.4 Å². The predicted molar refractivity (Wildman–Crippen MR) is 103 cm³/mol. The van der Waals surface area contributed by atoms with Crippen LogP contribution in [0.4, 0.5) is 0 Å². The summed E-state index contributed by atoms with van der Waals surface area (Å²) >= 11 is 0. The van der Waals surface area contributed by atoms with E-state index >= 15 is 0 Å². The van der Waals surface area contributed by atoms with Crippen LogP contribution in [0.15, 0.2) is 0 Å². The molecule has 0 aliphatic rings. The minimum Gasteiger partial charge on any atom is -0.182 e. The van der Waals surface area contributed by atoms with E-state index in [2.05, 4.69) is 6.92 Å². The van der Waals surface area contributed by atoms with Crippen molar-refractivity contribution >= 4 is 0 Å². The molecule has 0 bridgehead atoms. The van der Waals surface area contributed by atoms with Crippen LogP contribution < -0.4 is 0 Å². The third-order valence-corrected chi connectivity index (χ3v) is 4.95. The van der Waals surface area contributed by atoms with E-state index in [1.54, 1.807) is 0 Å². The van der Waals surface area contributed by atoms with E-state index in [1.165, 1.54) is 89.9 Å². The third-order valence-electron chi connectivity index (χ3n) is 4.95. The molecule has 0 fully saturated rings. The standard InChI is InChI=1S/C21H46NO2/c1-3-5-6-7-8-9-10-11-12-13-14-15-16-17-18-19-21-22(23,24)20-4-2/h23-24H,3-21H2,1-2H3/q+1. The molecule has 0 saturated carbocycles. The molecule has 24 heavy (non-hydrogen) atoms. The van der Waals surface area contributed by atoms with Gasteiger partial charge < -0.3 is 0 Å². The van der Waals surface area contributed by atoms with Crippen molar-refractivity contribution < 1.29 is 15.2 Å². The molecule has 146 valence electrons. The molecule has 0 spiro atoms. The number of hydrogen-bond acceptors (Lipinski definition) is 2. The van der Waals surface area contributed by atoms with E-state index in [1.807, 2.05) is 6.92 Å². The molecular weight excluding hydrogens is 298 g/mol. The van der Waals surface area contributed by atoms with Crippen molar-refractivity contribution in [3.8, 4) is 0 Å². The maximum Gasteiger partial charge on any atom is 0.142 e. The van der Waals surface area contributed by atoms with Crippen LogP contribution >= 0.6 is 0 Å². The molecule has 0 radical (unpaired) electrons. The Kier molecular flexibility index (Phi) is 17.6. The highest BCUT2D eigenvalue weighted by Crippen LogP contribution is 2.14. The molecule has 0 aliphatic carbocycles. The van der Waals surface area contributed by atoms with E-state index in [9.17, 15) is 10.4 Å². The summed E-state index contributed by atoms with van der Waals surface area (Å²) in [6.07, 6.45) is 22.4. The fourth-order valence-corrected chi connectivity index (χ4v) is 3.38.